The van der Waals surface area contributed by atoms with Crippen LogP contribution < -0.4 is 9.47 Å². The maximum Gasteiger partial charge on any atom is 0.261 e. The van der Waals surface area contributed by atoms with Crippen LogP contribution in [0.1, 0.15) is 43.5 Å². The third-order valence-corrected chi connectivity index (χ3v) is 5.07. The fraction of sp³-hybridized carbons (Fsp3) is 0.600. The maximum atomic E-state index is 13.1. The summed E-state index contributed by atoms with van der Waals surface area (Å²) in [6, 6.07) is 5.32. The summed E-state index contributed by atoms with van der Waals surface area (Å²) in [6.45, 7) is 6.50. The van der Waals surface area contributed by atoms with Gasteiger partial charge in [0.05, 0.1) is 14.2 Å². The molecule has 0 radical (unpaired) electrons. The Balaban J connectivity index is 2.14. The summed E-state index contributed by atoms with van der Waals surface area (Å²) in [7, 11) is 3.09. The Hall–Kier alpha value is -2.24. The lowest BCUT2D eigenvalue weighted by molar-refractivity contribution is -0.135. The van der Waals surface area contributed by atoms with Gasteiger partial charge < -0.3 is 19.3 Å². The van der Waals surface area contributed by atoms with Crippen molar-refractivity contribution in [2.24, 2.45) is 5.92 Å². The SMILES string of the molecule is CCC(CC)C(=O)N1CCCN(C(=O)c2c(OC)cccc2OC)CC1. The molecule has 0 aliphatic carbocycles. The van der Waals surface area contributed by atoms with Crippen molar-refractivity contribution < 1.29 is 19.1 Å². The van der Waals surface area contributed by atoms with Crippen molar-refractivity contribution in [3.05, 3.63) is 23.8 Å². The smallest absolute Gasteiger partial charge is 0.261 e. The Morgan fingerprint density at radius 2 is 1.50 bits per heavy atom. The van der Waals surface area contributed by atoms with Crippen LogP contribution >= 0.6 is 0 Å². The first kappa shape index (κ1) is 20.1. The van der Waals surface area contributed by atoms with Crippen molar-refractivity contribution in [2.75, 3.05) is 40.4 Å². The molecule has 0 bridgehead atoms. The second kappa shape index (κ2) is 9.46. The summed E-state index contributed by atoms with van der Waals surface area (Å²) in [5.74, 6) is 1.17. The zero-order valence-corrected chi connectivity index (χ0v) is 16.3. The van der Waals surface area contributed by atoms with E-state index in [1.807, 2.05) is 18.7 Å². The Morgan fingerprint density at radius 3 is 2.04 bits per heavy atom. The van der Waals surface area contributed by atoms with E-state index in [1.165, 1.54) is 0 Å². The highest BCUT2D eigenvalue weighted by atomic mass is 16.5. The van der Waals surface area contributed by atoms with Gasteiger partial charge in [-0.3, -0.25) is 9.59 Å². The van der Waals surface area contributed by atoms with Crippen LogP contribution in [0.25, 0.3) is 0 Å². The Labute approximate surface area is 156 Å². The van der Waals surface area contributed by atoms with E-state index < -0.39 is 0 Å². The Bertz CT molecular complexity index is 606. The minimum atomic E-state index is -0.115. The summed E-state index contributed by atoms with van der Waals surface area (Å²) in [5.41, 5.74) is 0.442. The van der Waals surface area contributed by atoms with Gasteiger partial charge in [0.25, 0.3) is 5.91 Å². The van der Waals surface area contributed by atoms with Gasteiger partial charge >= 0.3 is 0 Å². The van der Waals surface area contributed by atoms with Crippen LogP contribution in [-0.4, -0.2) is 62.0 Å². The molecule has 1 aromatic rings. The summed E-state index contributed by atoms with van der Waals surface area (Å²) in [6.07, 6.45) is 2.48. The van der Waals surface area contributed by atoms with Gasteiger partial charge in [-0.15, -0.1) is 0 Å². The van der Waals surface area contributed by atoms with Crippen LogP contribution in [0.3, 0.4) is 0 Å². The number of nitrogens with zero attached hydrogens (tertiary/aromatic N) is 2. The van der Waals surface area contributed by atoms with E-state index in [9.17, 15) is 9.59 Å². The molecule has 2 rings (SSSR count). The average molecular weight is 362 g/mol. The van der Waals surface area contributed by atoms with E-state index in [-0.39, 0.29) is 17.7 Å². The van der Waals surface area contributed by atoms with E-state index in [2.05, 4.69) is 0 Å². The van der Waals surface area contributed by atoms with Gasteiger partial charge in [0, 0.05) is 32.1 Å². The Kier molecular flexibility index (Phi) is 7.30. The minimum absolute atomic E-state index is 0.0755. The summed E-state index contributed by atoms with van der Waals surface area (Å²) >= 11 is 0. The number of benzene rings is 1. The molecule has 6 nitrogen and oxygen atoms in total. The van der Waals surface area contributed by atoms with Gasteiger partial charge in [-0.25, -0.2) is 0 Å². The van der Waals surface area contributed by atoms with E-state index in [4.69, 9.17) is 9.47 Å². The number of methoxy groups -OCH3 is 2. The second-order valence-electron chi connectivity index (χ2n) is 6.52. The van der Waals surface area contributed by atoms with E-state index >= 15 is 0 Å². The summed E-state index contributed by atoms with van der Waals surface area (Å²) < 4.78 is 10.7. The van der Waals surface area contributed by atoms with Crippen molar-refractivity contribution in [3.8, 4) is 11.5 Å². The van der Waals surface area contributed by atoms with Crippen LogP contribution in [0, 0.1) is 5.92 Å². The van der Waals surface area contributed by atoms with Gasteiger partial charge in [-0.1, -0.05) is 19.9 Å². The van der Waals surface area contributed by atoms with Gasteiger partial charge in [-0.05, 0) is 31.4 Å². The van der Waals surface area contributed by atoms with Crippen molar-refractivity contribution in [3.63, 3.8) is 0 Å². The summed E-state index contributed by atoms with van der Waals surface area (Å²) in [5, 5.41) is 0. The number of ether oxygens (including phenoxy) is 2. The molecule has 1 aromatic carbocycles. The fourth-order valence-corrected chi connectivity index (χ4v) is 3.46. The molecular formula is C20H30N2O4. The molecule has 144 valence electrons. The molecular weight excluding hydrogens is 332 g/mol. The zero-order valence-electron chi connectivity index (χ0n) is 16.3. The molecule has 1 heterocycles. The largest absolute Gasteiger partial charge is 0.496 e. The molecule has 1 fully saturated rings. The minimum Gasteiger partial charge on any atom is -0.496 e. The number of hydrogen-bond acceptors (Lipinski definition) is 4. The first-order valence-electron chi connectivity index (χ1n) is 9.36. The topological polar surface area (TPSA) is 59.1 Å². The predicted octanol–water partition coefficient (Wildman–Crippen LogP) is 2.81. The number of rotatable bonds is 6. The van der Waals surface area contributed by atoms with Crippen LogP contribution in [0.15, 0.2) is 18.2 Å². The number of carbonyl (C=O) groups is 2. The molecule has 0 spiro atoms. The molecule has 0 unspecified atom stereocenters. The van der Waals surface area contributed by atoms with Crippen molar-refractivity contribution in [2.45, 2.75) is 33.1 Å². The molecule has 1 saturated heterocycles. The molecule has 0 aromatic heterocycles. The summed E-state index contributed by atoms with van der Waals surface area (Å²) in [4.78, 5) is 29.4. The van der Waals surface area contributed by atoms with Crippen LogP contribution in [0.2, 0.25) is 0 Å². The third-order valence-electron chi connectivity index (χ3n) is 5.07. The van der Waals surface area contributed by atoms with E-state index in [0.717, 1.165) is 19.3 Å². The molecule has 26 heavy (non-hydrogen) atoms. The molecule has 1 aliphatic rings. The number of carbonyl (C=O) groups excluding carboxylic acids is 2. The van der Waals surface area contributed by atoms with Gasteiger partial charge in [0.2, 0.25) is 5.91 Å². The van der Waals surface area contributed by atoms with Crippen molar-refractivity contribution >= 4 is 11.8 Å². The third kappa shape index (κ3) is 4.29. The highest BCUT2D eigenvalue weighted by Crippen LogP contribution is 2.30. The number of hydrogen-bond donors (Lipinski definition) is 0. The number of amides is 2. The highest BCUT2D eigenvalue weighted by molar-refractivity contribution is 5.99. The Morgan fingerprint density at radius 1 is 0.962 bits per heavy atom. The van der Waals surface area contributed by atoms with Crippen LogP contribution in [0.4, 0.5) is 0 Å². The van der Waals surface area contributed by atoms with Gasteiger partial charge in [-0.2, -0.15) is 0 Å². The molecule has 6 heteroatoms. The highest BCUT2D eigenvalue weighted by Gasteiger charge is 2.28. The fourth-order valence-electron chi connectivity index (χ4n) is 3.46. The standard InChI is InChI=1S/C20H30N2O4/c1-5-15(6-2)19(23)21-11-8-12-22(14-13-21)20(24)18-16(25-3)9-7-10-17(18)26-4/h7,9-10,15H,5-6,8,11-14H2,1-4H3. The zero-order chi connectivity index (χ0) is 19.1. The van der Waals surface area contributed by atoms with Crippen LogP contribution in [-0.2, 0) is 4.79 Å². The monoisotopic (exact) mass is 362 g/mol. The van der Waals surface area contributed by atoms with Gasteiger partial charge in [0.1, 0.15) is 17.1 Å². The van der Waals surface area contributed by atoms with Crippen molar-refractivity contribution in [1.82, 2.24) is 9.80 Å². The van der Waals surface area contributed by atoms with E-state index in [1.54, 1.807) is 37.3 Å². The molecule has 0 atom stereocenters. The first-order chi connectivity index (χ1) is 12.6. The lowest BCUT2D eigenvalue weighted by Crippen LogP contribution is -2.40. The lowest BCUT2D eigenvalue weighted by Gasteiger charge is -2.26. The van der Waals surface area contributed by atoms with Crippen LogP contribution in [0.5, 0.6) is 11.5 Å². The van der Waals surface area contributed by atoms with E-state index in [0.29, 0.717) is 43.2 Å². The average Bonchev–Trinajstić information content (AvgIpc) is 2.93. The lowest BCUT2D eigenvalue weighted by atomic mass is 10.0. The second-order valence-corrected chi connectivity index (χ2v) is 6.52. The first-order valence-corrected chi connectivity index (χ1v) is 9.36. The molecule has 1 aliphatic heterocycles. The molecule has 0 saturated carbocycles. The predicted molar refractivity (Wildman–Crippen MR) is 101 cm³/mol. The quantitative estimate of drug-likeness (QED) is 0.781. The maximum absolute atomic E-state index is 13.1. The normalized spacial score (nSPS) is 15.0. The van der Waals surface area contributed by atoms with Crippen molar-refractivity contribution in [1.29, 1.82) is 0 Å². The molecule has 2 amide bonds. The van der Waals surface area contributed by atoms with Gasteiger partial charge in [0.15, 0.2) is 0 Å². The molecule has 0 N–H and O–H groups in total.